The van der Waals surface area contributed by atoms with Crippen molar-refractivity contribution in [1.29, 1.82) is 0 Å². The van der Waals surface area contributed by atoms with E-state index in [0.717, 1.165) is 22.4 Å². The maximum absolute atomic E-state index is 14.6. The van der Waals surface area contributed by atoms with Crippen LogP contribution in [0.25, 0.3) is 16.5 Å². The summed E-state index contributed by atoms with van der Waals surface area (Å²) in [5.41, 5.74) is 1.45. The first-order valence-corrected chi connectivity index (χ1v) is 15.6. The number of ketones is 1. The van der Waals surface area contributed by atoms with E-state index >= 15 is 0 Å². The lowest BCUT2D eigenvalue weighted by atomic mass is 9.95. The van der Waals surface area contributed by atoms with Gasteiger partial charge in [0.1, 0.15) is 18.1 Å². The number of hydrogen-bond donors (Lipinski definition) is 1. The molecule has 0 radical (unpaired) electrons. The molecule has 45 heavy (non-hydrogen) atoms. The number of methoxy groups -OCH3 is 1. The molecule has 1 amide bonds. The van der Waals surface area contributed by atoms with Crippen LogP contribution in [0, 0.1) is 5.82 Å². The smallest absolute Gasteiger partial charge is 0.301 e. The van der Waals surface area contributed by atoms with Crippen molar-refractivity contribution in [1.82, 2.24) is 10.2 Å². The maximum atomic E-state index is 14.6. The van der Waals surface area contributed by atoms with Gasteiger partial charge in [-0.2, -0.15) is 0 Å². The minimum absolute atomic E-state index is 0.0193. The Bertz CT molecular complexity index is 1950. The number of aliphatic hydroxyl groups excluding tert-OH is 1. The van der Waals surface area contributed by atoms with E-state index in [0.29, 0.717) is 28.0 Å². The largest absolute Gasteiger partial charge is 0.507 e. The number of aromatic nitrogens is 2. The summed E-state index contributed by atoms with van der Waals surface area (Å²) >= 11 is 2.64. The number of thioether (sulfide) groups is 1. The molecule has 0 spiro atoms. The van der Waals surface area contributed by atoms with E-state index in [1.807, 2.05) is 18.2 Å². The van der Waals surface area contributed by atoms with Gasteiger partial charge in [0.25, 0.3) is 5.78 Å². The van der Waals surface area contributed by atoms with Crippen LogP contribution in [0.2, 0.25) is 0 Å². The number of Topliss-reactive ketones (excluding diaryl/α,β-unsaturated/α-hetero) is 1. The Kier molecular flexibility index (Phi) is 8.63. The van der Waals surface area contributed by atoms with E-state index in [4.69, 9.17) is 9.47 Å². The topological polar surface area (TPSA) is 102 Å². The van der Waals surface area contributed by atoms with Crippen LogP contribution in [0.5, 0.6) is 11.5 Å². The van der Waals surface area contributed by atoms with Crippen molar-refractivity contribution < 1.29 is 28.6 Å². The third-order valence-corrected chi connectivity index (χ3v) is 9.37. The molecule has 226 valence electrons. The van der Waals surface area contributed by atoms with E-state index in [1.54, 1.807) is 30.3 Å². The molecule has 0 unspecified atom stereocenters. The van der Waals surface area contributed by atoms with Gasteiger partial charge in [-0.1, -0.05) is 90.4 Å². The van der Waals surface area contributed by atoms with Gasteiger partial charge in [0.05, 0.1) is 18.7 Å². The number of ether oxygens (including phenoxy) is 2. The van der Waals surface area contributed by atoms with E-state index < -0.39 is 29.3 Å². The lowest BCUT2D eigenvalue weighted by molar-refractivity contribution is -0.132. The minimum atomic E-state index is -1.06. The number of aliphatic hydroxyl groups is 1. The molecule has 5 aromatic rings. The fraction of sp³-hybridized carbons (Fsp3) is 0.118. The van der Waals surface area contributed by atoms with Crippen molar-refractivity contribution in [3.63, 3.8) is 0 Å². The van der Waals surface area contributed by atoms with Crippen LogP contribution in [0.1, 0.15) is 22.7 Å². The summed E-state index contributed by atoms with van der Waals surface area (Å²) in [6.45, 7) is 3.95. The average molecular weight is 640 g/mol. The molecular weight excluding hydrogens is 614 g/mol. The summed E-state index contributed by atoms with van der Waals surface area (Å²) in [6.07, 6.45) is 1.61. The van der Waals surface area contributed by atoms with Gasteiger partial charge in [-0.15, -0.1) is 10.2 Å². The van der Waals surface area contributed by atoms with Gasteiger partial charge in [-0.3, -0.25) is 14.5 Å². The van der Waals surface area contributed by atoms with Gasteiger partial charge in [0.15, 0.2) is 15.9 Å². The molecule has 2 heterocycles. The number of hydrogen-bond acceptors (Lipinski definition) is 9. The number of halogens is 1. The molecule has 1 saturated heterocycles. The highest BCUT2D eigenvalue weighted by Gasteiger charge is 2.48. The number of benzene rings is 4. The zero-order chi connectivity index (χ0) is 31.5. The Morgan fingerprint density at radius 2 is 1.84 bits per heavy atom. The Balaban J connectivity index is 1.37. The third kappa shape index (κ3) is 5.92. The van der Waals surface area contributed by atoms with Crippen molar-refractivity contribution in [3.8, 4) is 11.5 Å². The Labute approximate surface area is 266 Å². The molecular formula is C34H26FN3O5S2. The zero-order valence-corrected chi connectivity index (χ0v) is 25.6. The molecule has 1 aromatic heterocycles. The molecule has 4 aromatic carbocycles. The molecule has 0 bridgehead atoms. The van der Waals surface area contributed by atoms with Crippen molar-refractivity contribution in [3.05, 3.63) is 126 Å². The predicted molar refractivity (Wildman–Crippen MR) is 173 cm³/mol. The van der Waals surface area contributed by atoms with Crippen LogP contribution in [-0.4, -0.2) is 40.7 Å². The molecule has 0 saturated carbocycles. The number of carbonyl (C=O) groups is 2. The molecule has 0 aliphatic carbocycles. The molecule has 8 nitrogen and oxygen atoms in total. The second kappa shape index (κ2) is 12.9. The van der Waals surface area contributed by atoms with Crippen LogP contribution in [0.3, 0.4) is 0 Å². The van der Waals surface area contributed by atoms with E-state index in [2.05, 4.69) is 41.0 Å². The number of anilines is 1. The quantitative estimate of drug-likeness (QED) is 0.0424. The first-order chi connectivity index (χ1) is 21.9. The standard InChI is InChI=1S/C34H26FN3O5S2/c1-3-17-43-24-14-11-21(12-15-24)29-28(30(39)22-13-16-27(42-2)26(35)18-22)31(40)32(41)38(29)33-36-37-34(45-33)44-19-23-9-6-8-20-7-4-5-10-25(20)23/h3-16,18,29,39H,1,17,19H2,2H3/t29-/m1/s1. The fourth-order valence-corrected chi connectivity index (χ4v) is 7.00. The van der Waals surface area contributed by atoms with Crippen molar-refractivity contribution in [2.24, 2.45) is 0 Å². The number of nitrogens with zero attached hydrogens (tertiary/aromatic N) is 3. The molecule has 1 aliphatic rings. The highest BCUT2D eigenvalue weighted by Crippen LogP contribution is 2.44. The Hall–Kier alpha value is -5.00. The normalized spacial score (nSPS) is 15.9. The van der Waals surface area contributed by atoms with Crippen molar-refractivity contribution in [2.45, 2.75) is 16.1 Å². The first kappa shape index (κ1) is 30.0. The SMILES string of the molecule is C=CCOc1ccc([C@@H]2C(=C(O)c3ccc(OC)c(F)c3)C(=O)C(=O)N2c2nnc(SCc3cccc4ccccc34)s2)cc1. The summed E-state index contributed by atoms with van der Waals surface area (Å²) in [5, 5.41) is 22.4. The molecule has 1 fully saturated rings. The zero-order valence-electron chi connectivity index (χ0n) is 24.0. The van der Waals surface area contributed by atoms with Gasteiger partial charge in [-0.25, -0.2) is 4.39 Å². The van der Waals surface area contributed by atoms with Gasteiger partial charge < -0.3 is 14.6 Å². The molecule has 6 rings (SSSR count). The second-order valence-electron chi connectivity index (χ2n) is 9.96. The van der Waals surface area contributed by atoms with Gasteiger partial charge in [0.2, 0.25) is 5.13 Å². The summed E-state index contributed by atoms with van der Waals surface area (Å²) in [4.78, 5) is 28.3. The number of fused-ring (bicyclic) bond motifs is 1. The number of carbonyl (C=O) groups excluding carboxylic acids is 2. The molecule has 11 heteroatoms. The lowest BCUT2D eigenvalue weighted by Gasteiger charge is -2.22. The van der Waals surface area contributed by atoms with E-state index in [-0.39, 0.29) is 22.0 Å². The molecule has 1 N–H and O–H groups in total. The van der Waals surface area contributed by atoms with Gasteiger partial charge >= 0.3 is 5.91 Å². The highest BCUT2D eigenvalue weighted by atomic mass is 32.2. The third-order valence-electron chi connectivity index (χ3n) is 7.27. The first-order valence-electron chi connectivity index (χ1n) is 13.8. The fourth-order valence-electron chi connectivity index (χ4n) is 5.13. The van der Waals surface area contributed by atoms with Crippen LogP contribution in [-0.2, 0) is 15.3 Å². The molecule has 1 aliphatic heterocycles. The van der Waals surface area contributed by atoms with E-state index in [1.165, 1.54) is 47.2 Å². The van der Waals surface area contributed by atoms with Crippen LogP contribution in [0.4, 0.5) is 9.52 Å². The number of amides is 1. The monoisotopic (exact) mass is 639 g/mol. The molecule has 1 atom stereocenters. The van der Waals surface area contributed by atoms with Crippen LogP contribution in [0.15, 0.2) is 107 Å². The maximum Gasteiger partial charge on any atom is 0.301 e. The lowest BCUT2D eigenvalue weighted by Crippen LogP contribution is -2.29. The summed E-state index contributed by atoms with van der Waals surface area (Å²) in [6, 6.07) is 23.8. The second-order valence-corrected chi connectivity index (χ2v) is 12.1. The summed E-state index contributed by atoms with van der Waals surface area (Å²) in [5.74, 6) is -1.92. The number of rotatable bonds is 10. The predicted octanol–water partition coefficient (Wildman–Crippen LogP) is 7.32. The van der Waals surface area contributed by atoms with Crippen LogP contribution < -0.4 is 14.4 Å². The average Bonchev–Trinajstić information content (AvgIpc) is 3.64. The Morgan fingerprint density at radius 1 is 1.07 bits per heavy atom. The summed E-state index contributed by atoms with van der Waals surface area (Å²) < 4.78 is 25.8. The minimum Gasteiger partial charge on any atom is -0.507 e. The van der Waals surface area contributed by atoms with Crippen LogP contribution >= 0.6 is 23.1 Å². The Morgan fingerprint density at radius 3 is 2.60 bits per heavy atom. The van der Waals surface area contributed by atoms with Crippen molar-refractivity contribution in [2.75, 3.05) is 18.6 Å². The van der Waals surface area contributed by atoms with Gasteiger partial charge in [0, 0.05) is 11.3 Å². The van der Waals surface area contributed by atoms with E-state index in [9.17, 15) is 19.1 Å². The highest BCUT2D eigenvalue weighted by molar-refractivity contribution is 8.00. The van der Waals surface area contributed by atoms with Gasteiger partial charge in [-0.05, 0) is 52.2 Å². The van der Waals surface area contributed by atoms with Crippen molar-refractivity contribution >= 4 is 56.5 Å². The summed E-state index contributed by atoms with van der Waals surface area (Å²) in [7, 11) is 1.32.